The second-order valence-electron chi connectivity index (χ2n) is 5.90. The minimum atomic E-state index is -0.133. The summed E-state index contributed by atoms with van der Waals surface area (Å²) in [5.41, 5.74) is 2.87. The minimum Gasteiger partial charge on any atom is -0.378 e. The van der Waals surface area contributed by atoms with E-state index < -0.39 is 0 Å². The molecule has 0 saturated carbocycles. The monoisotopic (exact) mass is 348 g/mol. The molecule has 0 aliphatic carbocycles. The molecule has 0 bridgehead atoms. The van der Waals surface area contributed by atoms with Gasteiger partial charge in [-0.25, -0.2) is 0 Å². The lowest BCUT2D eigenvalue weighted by Crippen LogP contribution is -2.23. The molecule has 0 unspecified atom stereocenters. The smallest absolute Gasteiger partial charge is 0.291 e. The topological polar surface area (TPSA) is 50.5 Å². The first kappa shape index (κ1) is 15.5. The molecule has 2 aromatic heterocycles. The standard InChI is InChI=1S/C19H16N4OS/c1-22(2)15-10-8-13(9-11-15)12-16-18(24)23-19(25-16)20-17(21-23)14-6-4-3-5-7-14/h3-12H,1-2H3/b16-12+. The maximum atomic E-state index is 12.6. The lowest BCUT2D eigenvalue weighted by atomic mass is 10.2. The van der Waals surface area contributed by atoms with Crippen molar-refractivity contribution in [2.75, 3.05) is 19.0 Å². The summed E-state index contributed by atoms with van der Waals surface area (Å²) in [6, 6.07) is 17.7. The molecule has 0 aliphatic heterocycles. The molecular weight excluding hydrogens is 332 g/mol. The van der Waals surface area contributed by atoms with Crippen molar-refractivity contribution in [2.45, 2.75) is 0 Å². The Kier molecular flexibility index (Phi) is 3.82. The lowest BCUT2D eigenvalue weighted by molar-refractivity contribution is 0.937. The highest BCUT2D eigenvalue weighted by atomic mass is 32.1. The molecule has 5 nitrogen and oxygen atoms in total. The SMILES string of the molecule is CN(C)c1ccc(/C=c2/sc3nc(-c4ccccc4)nn3c2=O)cc1. The van der Waals surface area contributed by atoms with Gasteiger partial charge in [-0.05, 0) is 23.8 Å². The van der Waals surface area contributed by atoms with Crippen molar-refractivity contribution < 1.29 is 0 Å². The van der Waals surface area contributed by atoms with Crippen molar-refractivity contribution in [3.05, 3.63) is 75.0 Å². The molecule has 2 heterocycles. The van der Waals surface area contributed by atoms with Crippen LogP contribution in [0.25, 0.3) is 22.4 Å². The Morgan fingerprint density at radius 2 is 1.76 bits per heavy atom. The van der Waals surface area contributed by atoms with Gasteiger partial charge in [0.05, 0.1) is 4.53 Å². The van der Waals surface area contributed by atoms with Crippen molar-refractivity contribution in [1.29, 1.82) is 0 Å². The maximum absolute atomic E-state index is 12.6. The first-order valence-corrected chi connectivity index (χ1v) is 8.67. The van der Waals surface area contributed by atoms with E-state index in [0.29, 0.717) is 15.3 Å². The highest BCUT2D eigenvalue weighted by Gasteiger charge is 2.11. The van der Waals surface area contributed by atoms with Gasteiger partial charge in [0.2, 0.25) is 4.96 Å². The fourth-order valence-corrected chi connectivity index (χ4v) is 3.47. The molecule has 2 aromatic carbocycles. The zero-order valence-corrected chi connectivity index (χ0v) is 14.7. The maximum Gasteiger partial charge on any atom is 0.291 e. The molecule has 0 N–H and O–H groups in total. The fraction of sp³-hybridized carbons (Fsp3) is 0.105. The number of hydrogen-bond donors (Lipinski definition) is 0. The molecule has 124 valence electrons. The second-order valence-corrected chi connectivity index (χ2v) is 6.91. The van der Waals surface area contributed by atoms with E-state index in [1.807, 2.05) is 79.7 Å². The molecule has 0 atom stereocenters. The summed E-state index contributed by atoms with van der Waals surface area (Å²) in [6.45, 7) is 0. The van der Waals surface area contributed by atoms with E-state index >= 15 is 0 Å². The Hall–Kier alpha value is -2.99. The predicted octanol–water partition coefficient (Wildman–Crippen LogP) is 2.43. The molecular formula is C19H16N4OS. The van der Waals surface area contributed by atoms with Crippen LogP contribution in [-0.4, -0.2) is 28.7 Å². The second kappa shape index (κ2) is 6.14. The average Bonchev–Trinajstić information content (AvgIpc) is 3.16. The third-order valence-electron chi connectivity index (χ3n) is 3.92. The first-order valence-electron chi connectivity index (χ1n) is 7.86. The number of nitrogens with zero attached hydrogens (tertiary/aromatic N) is 4. The fourth-order valence-electron chi connectivity index (χ4n) is 2.56. The van der Waals surface area contributed by atoms with Crippen molar-refractivity contribution in [3.8, 4) is 11.4 Å². The summed E-state index contributed by atoms with van der Waals surface area (Å²) in [5, 5.41) is 4.36. The summed E-state index contributed by atoms with van der Waals surface area (Å²) in [6.07, 6.45) is 1.88. The van der Waals surface area contributed by atoms with Gasteiger partial charge in [0.25, 0.3) is 5.56 Å². The van der Waals surface area contributed by atoms with Crippen LogP contribution in [0.4, 0.5) is 5.69 Å². The van der Waals surface area contributed by atoms with Gasteiger partial charge >= 0.3 is 0 Å². The minimum absolute atomic E-state index is 0.133. The number of thiazole rings is 1. The molecule has 0 spiro atoms. The molecule has 0 amide bonds. The number of aromatic nitrogens is 3. The van der Waals surface area contributed by atoms with Gasteiger partial charge in [-0.3, -0.25) is 4.79 Å². The third kappa shape index (κ3) is 2.92. The zero-order valence-electron chi connectivity index (χ0n) is 13.9. The lowest BCUT2D eigenvalue weighted by Gasteiger charge is -2.11. The van der Waals surface area contributed by atoms with Crippen molar-refractivity contribution in [1.82, 2.24) is 14.6 Å². The average molecular weight is 348 g/mol. The summed E-state index contributed by atoms with van der Waals surface area (Å²) in [7, 11) is 4.00. The van der Waals surface area contributed by atoms with Crippen LogP contribution in [0, 0.1) is 0 Å². The molecule has 0 saturated heterocycles. The third-order valence-corrected chi connectivity index (χ3v) is 4.88. The van der Waals surface area contributed by atoms with Crippen molar-refractivity contribution >= 4 is 28.1 Å². The van der Waals surface area contributed by atoms with Gasteiger partial charge in [0.15, 0.2) is 5.82 Å². The molecule has 0 aliphatic rings. The van der Waals surface area contributed by atoms with Crippen LogP contribution in [0.3, 0.4) is 0 Å². The van der Waals surface area contributed by atoms with Crippen molar-refractivity contribution in [2.24, 2.45) is 0 Å². The molecule has 25 heavy (non-hydrogen) atoms. The summed E-state index contributed by atoms with van der Waals surface area (Å²) < 4.78 is 2.01. The quantitative estimate of drug-likeness (QED) is 0.571. The zero-order chi connectivity index (χ0) is 17.4. The molecule has 4 rings (SSSR count). The van der Waals surface area contributed by atoms with Crippen LogP contribution >= 0.6 is 11.3 Å². The van der Waals surface area contributed by atoms with E-state index in [1.54, 1.807) is 0 Å². The molecule has 0 radical (unpaired) electrons. The van der Waals surface area contributed by atoms with Crippen LogP contribution in [0.15, 0.2) is 59.4 Å². The summed E-state index contributed by atoms with van der Waals surface area (Å²) in [4.78, 5) is 19.7. The van der Waals surface area contributed by atoms with Gasteiger partial charge in [0.1, 0.15) is 0 Å². The van der Waals surface area contributed by atoms with E-state index in [9.17, 15) is 4.79 Å². The largest absolute Gasteiger partial charge is 0.378 e. The Morgan fingerprint density at radius 3 is 2.40 bits per heavy atom. The Labute approximate surface area is 148 Å². The van der Waals surface area contributed by atoms with E-state index in [4.69, 9.17) is 0 Å². The van der Waals surface area contributed by atoms with Crippen LogP contribution in [-0.2, 0) is 0 Å². The van der Waals surface area contributed by atoms with Crippen LogP contribution in [0.1, 0.15) is 5.56 Å². The molecule has 6 heteroatoms. The van der Waals surface area contributed by atoms with Gasteiger partial charge in [-0.1, -0.05) is 53.8 Å². The van der Waals surface area contributed by atoms with Crippen LogP contribution in [0.2, 0.25) is 0 Å². The summed E-state index contributed by atoms with van der Waals surface area (Å²) in [5.74, 6) is 0.575. The summed E-state index contributed by atoms with van der Waals surface area (Å²) >= 11 is 1.36. The van der Waals surface area contributed by atoms with Crippen LogP contribution < -0.4 is 15.0 Å². The number of fused-ring (bicyclic) bond motifs is 1. The number of benzene rings is 2. The highest BCUT2D eigenvalue weighted by Crippen LogP contribution is 2.16. The number of anilines is 1. The van der Waals surface area contributed by atoms with E-state index in [2.05, 4.69) is 10.1 Å². The number of rotatable bonds is 3. The first-order chi connectivity index (χ1) is 12.1. The molecule has 4 aromatic rings. The van der Waals surface area contributed by atoms with Crippen molar-refractivity contribution in [3.63, 3.8) is 0 Å². The van der Waals surface area contributed by atoms with E-state index in [1.165, 1.54) is 15.9 Å². The van der Waals surface area contributed by atoms with Gasteiger partial charge in [-0.2, -0.15) is 9.50 Å². The Bertz CT molecular complexity index is 1130. The predicted molar refractivity (Wildman–Crippen MR) is 102 cm³/mol. The van der Waals surface area contributed by atoms with E-state index in [0.717, 1.165) is 16.8 Å². The Balaban J connectivity index is 1.75. The normalized spacial score (nSPS) is 12.0. The van der Waals surface area contributed by atoms with Gasteiger partial charge in [-0.15, -0.1) is 5.10 Å². The van der Waals surface area contributed by atoms with Gasteiger partial charge in [0, 0.05) is 25.3 Å². The van der Waals surface area contributed by atoms with Crippen LogP contribution in [0.5, 0.6) is 0 Å². The van der Waals surface area contributed by atoms with E-state index in [-0.39, 0.29) is 5.56 Å². The molecule has 0 fully saturated rings. The Morgan fingerprint density at radius 1 is 1.04 bits per heavy atom. The number of hydrogen-bond acceptors (Lipinski definition) is 5. The highest BCUT2D eigenvalue weighted by molar-refractivity contribution is 7.15. The van der Waals surface area contributed by atoms with Gasteiger partial charge < -0.3 is 4.90 Å².